The molecule has 0 aliphatic rings. The first-order valence-electron chi connectivity index (χ1n) is 7.79. The van der Waals surface area contributed by atoms with E-state index in [1.54, 1.807) is 13.0 Å². The summed E-state index contributed by atoms with van der Waals surface area (Å²) in [6.07, 6.45) is 2.50. The minimum atomic E-state index is -0.976. The van der Waals surface area contributed by atoms with Crippen molar-refractivity contribution in [3.8, 4) is 17.0 Å². The molecule has 5 heteroatoms. The van der Waals surface area contributed by atoms with E-state index in [2.05, 4.69) is 23.8 Å². The van der Waals surface area contributed by atoms with Gasteiger partial charge in [-0.1, -0.05) is 20.8 Å². The lowest BCUT2D eigenvalue weighted by Gasteiger charge is -2.16. The largest absolute Gasteiger partial charge is 0.490 e. The van der Waals surface area contributed by atoms with Gasteiger partial charge in [-0.25, -0.2) is 14.4 Å². The van der Waals surface area contributed by atoms with Gasteiger partial charge in [-0.05, 0) is 43.4 Å². The molecule has 23 heavy (non-hydrogen) atoms. The van der Waals surface area contributed by atoms with Gasteiger partial charge >= 0.3 is 0 Å². The van der Waals surface area contributed by atoms with Crippen molar-refractivity contribution >= 4 is 0 Å². The number of nitrogens with zero attached hydrogens (tertiary/aromatic N) is 2. The molecule has 0 N–H and O–H groups in total. The highest BCUT2D eigenvalue weighted by Gasteiger charge is 2.17. The van der Waals surface area contributed by atoms with Gasteiger partial charge in [0.2, 0.25) is 5.82 Å². The number of rotatable bonds is 6. The van der Waals surface area contributed by atoms with E-state index in [1.165, 1.54) is 18.3 Å². The quantitative estimate of drug-likeness (QED) is 0.767. The highest BCUT2D eigenvalue weighted by Crippen LogP contribution is 2.29. The summed E-state index contributed by atoms with van der Waals surface area (Å²) in [5.74, 6) is -0.661. The molecule has 0 amide bonds. The van der Waals surface area contributed by atoms with Gasteiger partial charge in [0.1, 0.15) is 5.82 Å². The van der Waals surface area contributed by atoms with Crippen molar-refractivity contribution in [2.24, 2.45) is 11.8 Å². The lowest BCUT2D eigenvalue weighted by atomic mass is 10.00. The van der Waals surface area contributed by atoms with Crippen LogP contribution in [0.1, 0.15) is 33.0 Å². The van der Waals surface area contributed by atoms with Gasteiger partial charge in [0.15, 0.2) is 11.6 Å². The molecule has 2 aromatic rings. The Hall–Kier alpha value is -2.04. The summed E-state index contributed by atoms with van der Waals surface area (Å²) in [7, 11) is 0. The average Bonchev–Trinajstić information content (AvgIpc) is 2.48. The molecule has 0 aliphatic carbocycles. The van der Waals surface area contributed by atoms with Crippen molar-refractivity contribution in [3.05, 3.63) is 41.9 Å². The van der Waals surface area contributed by atoms with Crippen LogP contribution in [0.2, 0.25) is 0 Å². The third kappa shape index (κ3) is 4.47. The zero-order valence-corrected chi connectivity index (χ0v) is 13.9. The highest BCUT2D eigenvalue weighted by molar-refractivity contribution is 5.61. The molecule has 1 atom stereocenters. The molecule has 2 rings (SSSR count). The fourth-order valence-corrected chi connectivity index (χ4v) is 2.55. The SMILES string of the molecule is Cc1nccc(-c2ccc(OC[C@H](C)CC(C)C)c(F)c2F)n1. The molecule has 0 fully saturated rings. The van der Waals surface area contributed by atoms with Gasteiger partial charge in [-0.2, -0.15) is 4.39 Å². The Morgan fingerprint density at radius 3 is 2.48 bits per heavy atom. The van der Waals surface area contributed by atoms with Crippen molar-refractivity contribution in [2.45, 2.75) is 34.1 Å². The van der Waals surface area contributed by atoms with Gasteiger partial charge in [0.05, 0.1) is 12.3 Å². The molecule has 124 valence electrons. The number of hydrogen-bond acceptors (Lipinski definition) is 3. The van der Waals surface area contributed by atoms with E-state index in [1.807, 2.05) is 6.92 Å². The van der Waals surface area contributed by atoms with Crippen LogP contribution in [0.5, 0.6) is 5.75 Å². The zero-order chi connectivity index (χ0) is 17.0. The van der Waals surface area contributed by atoms with Crippen LogP contribution in [-0.2, 0) is 0 Å². The molecule has 0 saturated heterocycles. The smallest absolute Gasteiger partial charge is 0.201 e. The maximum absolute atomic E-state index is 14.3. The Kier molecular flexibility index (Phi) is 5.64. The second-order valence-electron chi connectivity index (χ2n) is 6.27. The number of ether oxygens (including phenoxy) is 1. The van der Waals surface area contributed by atoms with Gasteiger partial charge in [0, 0.05) is 11.8 Å². The molecule has 1 aromatic heterocycles. The van der Waals surface area contributed by atoms with Gasteiger partial charge in [-0.3, -0.25) is 0 Å². The summed E-state index contributed by atoms with van der Waals surface area (Å²) in [4.78, 5) is 8.08. The first-order chi connectivity index (χ1) is 10.9. The first kappa shape index (κ1) is 17.3. The van der Waals surface area contributed by atoms with Crippen LogP contribution < -0.4 is 4.74 Å². The van der Waals surface area contributed by atoms with Crippen molar-refractivity contribution in [1.29, 1.82) is 0 Å². The Bertz CT molecular complexity index is 674. The van der Waals surface area contributed by atoms with E-state index in [9.17, 15) is 8.78 Å². The second kappa shape index (κ2) is 7.49. The number of benzene rings is 1. The normalized spacial score (nSPS) is 12.5. The number of aryl methyl sites for hydroxylation is 1. The van der Waals surface area contributed by atoms with Crippen molar-refractivity contribution in [1.82, 2.24) is 9.97 Å². The van der Waals surface area contributed by atoms with Crippen molar-refractivity contribution in [2.75, 3.05) is 6.61 Å². The summed E-state index contributed by atoms with van der Waals surface area (Å²) in [6, 6.07) is 4.49. The van der Waals surface area contributed by atoms with Crippen molar-refractivity contribution < 1.29 is 13.5 Å². The summed E-state index contributed by atoms with van der Waals surface area (Å²) < 4.78 is 34.0. The maximum Gasteiger partial charge on any atom is 0.201 e. The van der Waals surface area contributed by atoms with E-state index < -0.39 is 11.6 Å². The monoisotopic (exact) mass is 320 g/mol. The zero-order valence-electron chi connectivity index (χ0n) is 13.9. The third-order valence-corrected chi connectivity index (χ3v) is 3.50. The number of aromatic nitrogens is 2. The second-order valence-corrected chi connectivity index (χ2v) is 6.27. The molecular formula is C18H22F2N2O. The fourth-order valence-electron chi connectivity index (χ4n) is 2.55. The van der Waals surface area contributed by atoms with Gasteiger partial charge in [0.25, 0.3) is 0 Å². The number of halogens is 2. The lowest BCUT2D eigenvalue weighted by Crippen LogP contribution is -2.12. The van der Waals surface area contributed by atoms with E-state index in [0.717, 1.165) is 6.42 Å². The molecule has 1 aromatic carbocycles. The van der Waals surface area contributed by atoms with E-state index in [-0.39, 0.29) is 17.2 Å². The minimum absolute atomic E-state index is 0.0624. The summed E-state index contributed by atoms with van der Waals surface area (Å²) in [5, 5.41) is 0. The summed E-state index contributed by atoms with van der Waals surface area (Å²) >= 11 is 0. The lowest BCUT2D eigenvalue weighted by molar-refractivity contribution is 0.228. The van der Waals surface area contributed by atoms with Crippen molar-refractivity contribution in [3.63, 3.8) is 0 Å². The molecule has 0 spiro atoms. The van der Waals surface area contributed by atoms with E-state index in [0.29, 0.717) is 24.0 Å². The van der Waals surface area contributed by atoms with Crippen LogP contribution in [0.25, 0.3) is 11.3 Å². The van der Waals surface area contributed by atoms with Gasteiger partial charge < -0.3 is 4.74 Å². The van der Waals surface area contributed by atoms with E-state index in [4.69, 9.17) is 4.74 Å². The van der Waals surface area contributed by atoms with E-state index >= 15 is 0 Å². The predicted octanol–water partition coefficient (Wildman–Crippen LogP) is 4.79. The summed E-state index contributed by atoms with van der Waals surface area (Å²) in [6.45, 7) is 8.34. The molecule has 1 heterocycles. The molecule has 0 unspecified atom stereocenters. The summed E-state index contributed by atoms with van der Waals surface area (Å²) in [5.41, 5.74) is 0.462. The Balaban J connectivity index is 2.17. The molecule has 0 aliphatic heterocycles. The molecule has 0 radical (unpaired) electrons. The highest BCUT2D eigenvalue weighted by atomic mass is 19.2. The fraction of sp³-hybridized carbons (Fsp3) is 0.444. The average molecular weight is 320 g/mol. The van der Waals surface area contributed by atoms with Crippen LogP contribution >= 0.6 is 0 Å². The molecule has 0 bridgehead atoms. The van der Waals surface area contributed by atoms with Gasteiger partial charge in [-0.15, -0.1) is 0 Å². The van der Waals surface area contributed by atoms with Crippen LogP contribution in [0, 0.1) is 30.4 Å². The molecular weight excluding hydrogens is 298 g/mol. The van der Waals surface area contributed by atoms with Crippen LogP contribution in [-0.4, -0.2) is 16.6 Å². The predicted molar refractivity (Wildman–Crippen MR) is 86.2 cm³/mol. The molecule has 3 nitrogen and oxygen atoms in total. The van der Waals surface area contributed by atoms with Crippen LogP contribution in [0.15, 0.2) is 24.4 Å². The maximum atomic E-state index is 14.3. The first-order valence-corrected chi connectivity index (χ1v) is 7.79. The third-order valence-electron chi connectivity index (χ3n) is 3.50. The van der Waals surface area contributed by atoms with Crippen LogP contribution in [0.3, 0.4) is 0 Å². The Labute approximate surface area is 135 Å². The van der Waals surface area contributed by atoms with Crippen LogP contribution in [0.4, 0.5) is 8.78 Å². The Morgan fingerprint density at radius 2 is 1.83 bits per heavy atom. The standard InChI is InChI=1S/C18H22F2N2O/c1-11(2)9-12(3)10-23-16-6-5-14(17(19)18(16)20)15-7-8-21-13(4)22-15/h5-8,11-12H,9-10H2,1-4H3/t12-/m1/s1. The molecule has 0 saturated carbocycles. The number of hydrogen-bond donors (Lipinski definition) is 0. The topological polar surface area (TPSA) is 35.0 Å². The Morgan fingerprint density at radius 1 is 1.09 bits per heavy atom. The minimum Gasteiger partial charge on any atom is -0.490 e.